The van der Waals surface area contributed by atoms with E-state index in [9.17, 15) is 18.8 Å². The number of halogens is 1. The fourth-order valence-corrected chi connectivity index (χ4v) is 3.77. The second-order valence-electron chi connectivity index (χ2n) is 7.61. The third-order valence-electron chi connectivity index (χ3n) is 5.32. The summed E-state index contributed by atoms with van der Waals surface area (Å²) >= 11 is 0. The standard InChI is InChI=1S/C26H21FN2O4/c1-16-12-22(17(2)29(16)21-8-5-7-20(27)14-21)24(30)15-33-25(31)11-10-19-13-18-6-3-4-9-23(18)28-26(19)32/h3-14H,15H2,1-2H3,(H,28,32). The van der Waals surface area contributed by atoms with E-state index in [1.807, 2.05) is 25.1 Å². The van der Waals surface area contributed by atoms with Crippen LogP contribution in [0.1, 0.15) is 27.3 Å². The second kappa shape index (κ2) is 9.08. The van der Waals surface area contributed by atoms with Gasteiger partial charge in [0.05, 0.1) is 0 Å². The monoisotopic (exact) mass is 444 g/mol. The maximum Gasteiger partial charge on any atom is 0.331 e. The van der Waals surface area contributed by atoms with Gasteiger partial charge in [0.1, 0.15) is 5.82 Å². The number of aromatic nitrogens is 2. The average molecular weight is 444 g/mol. The van der Waals surface area contributed by atoms with Gasteiger partial charge in [-0.05, 0) is 61.7 Å². The number of nitrogens with one attached hydrogen (secondary N) is 1. The number of esters is 1. The Balaban J connectivity index is 1.45. The first kappa shape index (κ1) is 22.0. The number of benzene rings is 2. The van der Waals surface area contributed by atoms with Gasteiger partial charge in [0, 0.05) is 39.8 Å². The number of rotatable bonds is 6. The van der Waals surface area contributed by atoms with Crippen LogP contribution >= 0.6 is 0 Å². The number of aromatic amines is 1. The number of hydrogen-bond donors (Lipinski definition) is 1. The first-order valence-electron chi connectivity index (χ1n) is 10.3. The van der Waals surface area contributed by atoms with E-state index in [-0.39, 0.29) is 17.2 Å². The number of carbonyl (C=O) groups excluding carboxylic acids is 2. The highest BCUT2D eigenvalue weighted by atomic mass is 19.1. The van der Waals surface area contributed by atoms with Crippen LogP contribution < -0.4 is 5.56 Å². The Morgan fingerprint density at radius 3 is 2.64 bits per heavy atom. The average Bonchev–Trinajstić information content (AvgIpc) is 3.09. The number of fused-ring (bicyclic) bond motifs is 1. The lowest BCUT2D eigenvalue weighted by Crippen LogP contribution is -2.14. The number of Topliss-reactive ketones (excluding diaryl/α,β-unsaturated/α-hetero) is 1. The Bertz CT molecular complexity index is 1460. The molecular formula is C26H21FN2O4. The molecule has 0 saturated carbocycles. The van der Waals surface area contributed by atoms with Crippen LogP contribution in [0.5, 0.6) is 0 Å². The summed E-state index contributed by atoms with van der Waals surface area (Å²) in [6.45, 7) is 3.11. The largest absolute Gasteiger partial charge is 0.454 e. The number of carbonyl (C=O) groups is 2. The normalized spacial score (nSPS) is 11.2. The molecule has 2 aromatic heterocycles. The van der Waals surface area contributed by atoms with Crippen LogP contribution in [0, 0.1) is 19.7 Å². The number of ketones is 1. The molecule has 33 heavy (non-hydrogen) atoms. The number of H-pyrrole nitrogens is 1. The van der Waals surface area contributed by atoms with Crippen molar-refractivity contribution in [2.24, 2.45) is 0 Å². The first-order chi connectivity index (χ1) is 15.8. The van der Waals surface area contributed by atoms with Gasteiger partial charge in [-0.3, -0.25) is 9.59 Å². The molecular weight excluding hydrogens is 423 g/mol. The van der Waals surface area contributed by atoms with E-state index in [0.29, 0.717) is 28.0 Å². The van der Waals surface area contributed by atoms with E-state index in [0.717, 1.165) is 17.2 Å². The van der Waals surface area contributed by atoms with Crippen molar-refractivity contribution in [1.29, 1.82) is 0 Å². The molecule has 0 fully saturated rings. The van der Waals surface area contributed by atoms with Gasteiger partial charge in [0.2, 0.25) is 5.78 Å². The zero-order valence-corrected chi connectivity index (χ0v) is 18.1. The molecule has 166 valence electrons. The molecule has 0 unspecified atom stereocenters. The van der Waals surface area contributed by atoms with E-state index in [4.69, 9.17) is 4.74 Å². The lowest BCUT2D eigenvalue weighted by Gasteiger charge is -2.10. The third-order valence-corrected chi connectivity index (χ3v) is 5.32. The van der Waals surface area contributed by atoms with Gasteiger partial charge in [-0.15, -0.1) is 0 Å². The molecule has 0 aliphatic carbocycles. The maximum atomic E-state index is 13.6. The SMILES string of the molecule is Cc1cc(C(=O)COC(=O)C=Cc2cc3ccccc3[nH]c2=O)c(C)n1-c1cccc(F)c1. The van der Waals surface area contributed by atoms with E-state index in [1.165, 1.54) is 18.2 Å². The van der Waals surface area contributed by atoms with Gasteiger partial charge in [-0.25, -0.2) is 9.18 Å². The van der Waals surface area contributed by atoms with Gasteiger partial charge < -0.3 is 14.3 Å². The van der Waals surface area contributed by atoms with Crippen LogP contribution in [-0.2, 0) is 9.53 Å². The number of para-hydroxylation sites is 1. The molecule has 0 radical (unpaired) electrons. The Kier molecular flexibility index (Phi) is 6.04. The second-order valence-corrected chi connectivity index (χ2v) is 7.61. The lowest BCUT2D eigenvalue weighted by molar-refractivity contribution is -0.136. The summed E-state index contributed by atoms with van der Waals surface area (Å²) < 4.78 is 20.5. The minimum absolute atomic E-state index is 0.301. The Hall–Kier alpha value is -4.26. The van der Waals surface area contributed by atoms with Crippen LogP contribution in [0.3, 0.4) is 0 Å². The van der Waals surface area contributed by atoms with Crippen molar-refractivity contribution in [3.8, 4) is 5.69 Å². The summed E-state index contributed by atoms with van der Waals surface area (Å²) in [5.41, 5.74) is 3.03. The van der Waals surface area contributed by atoms with E-state index in [2.05, 4.69) is 4.98 Å². The van der Waals surface area contributed by atoms with Crippen molar-refractivity contribution in [3.63, 3.8) is 0 Å². The zero-order valence-electron chi connectivity index (χ0n) is 18.1. The van der Waals surface area contributed by atoms with E-state index >= 15 is 0 Å². The molecule has 4 aromatic rings. The van der Waals surface area contributed by atoms with Crippen molar-refractivity contribution in [1.82, 2.24) is 9.55 Å². The number of ether oxygens (including phenoxy) is 1. The molecule has 0 spiro atoms. The number of pyridine rings is 1. The van der Waals surface area contributed by atoms with Gasteiger partial charge >= 0.3 is 5.97 Å². The molecule has 0 aliphatic rings. The summed E-state index contributed by atoms with van der Waals surface area (Å²) in [6.07, 6.45) is 2.47. The van der Waals surface area contributed by atoms with Crippen LogP contribution in [0.15, 0.2) is 71.5 Å². The van der Waals surface area contributed by atoms with Crippen molar-refractivity contribution in [2.45, 2.75) is 13.8 Å². The highest BCUT2D eigenvalue weighted by Crippen LogP contribution is 2.22. The van der Waals surface area contributed by atoms with Crippen LogP contribution in [0.25, 0.3) is 22.7 Å². The van der Waals surface area contributed by atoms with Crippen molar-refractivity contribution < 1.29 is 18.7 Å². The predicted molar refractivity (Wildman–Crippen MR) is 124 cm³/mol. The van der Waals surface area contributed by atoms with Gasteiger partial charge in [0.15, 0.2) is 6.61 Å². The summed E-state index contributed by atoms with van der Waals surface area (Å²) in [5, 5.41) is 0.828. The molecule has 0 bridgehead atoms. The lowest BCUT2D eigenvalue weighted by atomic mass is 10.1. The molecule has 0 aliphatic heterocycles. The minimum atomic E-state index is -0.741. The molecule has 0 atom stereocenters. The van der Waals surface area contributed by atoms with Gasteiger partial charge in [-0.2, -0.15) is 0 Å². The summed E-state index contributed by atoms with van der Waals surface area (Å²) in [4.78, 5) is 39.7. The van der Waals surface area contributed by atoms with E-state index in [1.54, 1.807) is 41.8 Å². The van der Waals surface area contributed by atoms with Gasteiger partial charge in [-0.1, -0.05) is 24.3 Å². The number of aryl methyl sites for hydroxylation is 1. The Morgan fingerprint density at radius 1 is 1.06 bits per heavy atom. The number of hydrogen-bond acceptors (Lipinski definition) is 4. The fourth-order valence-electron chi connectivity index (χ4n) is 3.77. The smallest absolute Gasteiger partial charge is 0.331 e. The molecule has 2 heterocycles. The maximum absolute atomic E-state index is 13.6. The highest BCUT2D eigenvalue weighted by molar-refractivity contribution is 6.00. The molecule has 0 saturated heterocycles. The number of nitrogens with zero attached hydrogens (tertiary/aromatic N) is 1. The zero-order chi connectivity index (χ0) is 23.5. The topological polar surface area (TPSA) is 81.2 Å². The minimum Gasteiger partial charge on any atom is -0.454 e. The molecule has 1 N–H and O–H groups in total. The van der Waals surface area contributed by atoms with Crippen molar-refractivity contribution in [2.75, 3.05) is 6.61 Å². The predicted octanol–water partition coefficient (Wildman–Crippen LogP) is 4.51. The first-order valence-corrected chi connectivity index (χ1v) is 10.3. The van der Waals surface area contributed by atoms with Crippen LogP contribution in [0.4, 0.5) is 4.39 Å². The highest BCUT2D eigenvalue weighted by Gasteiger charge is 2.18. The van der Waals surface area contributed by atoms with Crippen molar-refractivity contribution >= 4 is 28.7 Å². The quantitative estimate of drug-likeness (QED) is 0.269. The molecule has 6 nitrogen and oxygen atoms in total. The molecule has 2 aromatic carbocycles. The summed E-state index contributed by atoms with van der Waals surface area (Å²) in [6, 6.07) is 16.7. The van der Waals surface area contributed by atoms with Gasteiger partial charge in [0.25, 0.3) is 5.56 Å². The van der Waals surface area contributed by atoms with Crippen LogP contribution in [0.2, 0.25) is 0 Å². The Morgan fingerprint density at radius 2 is 1.85 bits per heavy atom. The van der Waals surface area contributed by atoms with Crippen molar-refractivity contribution in [3.05, 3.63) is 105 Å². The Labute approximate surface area is 188 Å². The van der Waals surface area contributed by atoms with Crippen LogP contribution in [-0.4, -0.2) is 27.9 Å². The molecule has 7 heteroatoms. The summed E-state index contributed by atoms with van der Waals surface area (Å²) in [5.74, 6) is -1.50. The molecule has 0 amide bonds. The van der Waals surface area contributed by atoms with E-state index < -0.39 is 12.6 Å². The third kappa shape index (κ3) is 4.67. The summed E-state index contributed by atoms with van der Waals surface area (Å²) in [7, 11) is 0. The molecule has 4 rings (SSSR count). The fraction of sp³-hybridized carbons (Fsp3) is 0.115.